The quantitative estimate of drug-likeness (QED) is 0.673. The molecular weight excluding hydrogens is 236 g/mol. The highest BCUT2D eigenvalue weighted by molar-refractivity contribution is 7.80. The Labute approximate surface area is 106 Å². The molecule has 0 aromatic carbocycles. The molecule has 5 nitrogen and oxygen atoms in total. The lowest BCUT2D eigenvalue weighted by molar-refractivity contribution is -0.121. The van der Waals surface area contributed by atoms with Crippen molar-refractivity contribution >= 4 is 28.9 Å². The summed E-state index contributed by atoms with van der Waals surface area (Å²) in [5.41, 5.74) is 10.7. The van der Waals surface area contributed by atoms with E-state index in [0.717, 1.165) is 0 Å². The van der Waals surface area contributed by atoms with Crippen molar-refractivity contribution in [3.8, 4) is 0 Å². The Balaban J connectivity index is 2.98. The maximum Gasteiger partial charge on any atom is 0.242 e. The number of pyridine rings is 1. The molecule has 0 spiro atoms. The number of primary amides is 1. The molecule has 0 aliphatic carbocycles. The van der Waals surface area contributed by atoms with E-state index in [9.17, 15) is 4.79 Å². The molecule has 6 heteroatoms. The number of nitrogens with one attached hydrogen (secondary N) is 1. The fourth-order valence-corrected chi connectivity index (χ4v) is 1.39. The van der Waals surface area contributed by atoms with Crippen molar-refractivity contribution in [1.82, 2.24) is 4.98 Å². The Hall–Kier alpha value is -1.69. The van der Waals surface area contributed by atoms with Crippen molar-refractivity contribution in [2.75, 3.05) is 5.32 Å². The number of hydrogen-bond acceptors (Lipinski definition) is 4. The van der Waals surface area contributed by atoms with E-state index in [4.69, 9.17) is 23.7 Å². The fourth-order valence-electron chi connectivity index (χ4n) is 1.26. The summed E-state index contributed by atoms with van der Waals surface area (Å²) < 4.78 is 0. The van der Waals surface area contributed by atoms with Gasteiger partial charge in [-0.3, -0.25) is 4.79 Å². The number of amides is 1. The van der Waals surface area contributed by atoms with Gasteiger partial charge in [0.25, 0.3) is 0 Å². The number of carbonyl (C=O) groups is 1. The van der Waals surface area contributed by atoms with Gasteiger partial charge in [-0.15, -0.1) is 0 Å². The van der Waals surface area contributed by atoms with E-state index in [2.05, 4.69) is 10.3 Å². The summed E-state index contributed by atoms with van der Waals surface area (Å²) in [6, 6.07) is 3.40. The average molecular weight is 252 g/mol. The molecule has 5 N–H and O–H groups in total. The Morgan fingerprint density at radius 2 is 2.24 bits per heavy atom. The molecule has 0 saturated carbocycles. The van der Waals surface area contributed by atoms with Gasteiger partial charge in [-0.1, -0.05) is 19.1 Å². The van der Waals surface area contributed by atoms with Crippen LogP contribution in [0.15, 0.2) is 18.3 Å². The Morgan fingerprint density at radius 1 is 1.59 bits per heavy atom. The van der Waals surface area contributed by atoms with Crippen LogP contribution in [0.5, 0.6) is 0 Å². The van der Waals surface area contributed by atoms with Crippen LogP contribution in [-0.2, 0) is 4.79 Å². The third-order valence-electron chi connectivity index (χ3n) is 2.70. The zero-order valence-electron chi connectivity index (χ0n) is 9.86. The minimum atomic E-state index is -0.832. The smallest absolute Gasteiger partial charge is 0.242 e. The van der Waals surface area contributed by atoms with Crippen molar-refractivity contribution in [3.63, 3.8) is 0 Å². The molecule has 0 bridgehead atoms. The molecule has 1 aromatic heterocycles. The number of thiocarbonyl (C=S) groups is 1. The first-order valence-corrected chi connectivity index (χ1v) is 5.64. The van der Waals surface area contributed by atoms with Gasteiger partial charge in [0.2, 0.25) is 5.91 Å². The van der Waals surface area contributed by atoms with Gasteiger partial charge in [-0.05, 0) is 25.5 Å². The van der Waals surface area contributed by atoms with E-state index in [0.29, 0.717) is 17.8 Å². The third-order valence-corrected chi connectivity index (χ3v) is 2.94. The molecule has 0 fully saturated rings. The summed E-state index contributed by atoms with van der Waals surface area (Å²) >= 11 is 4.87. The summed E-state index contributed by atoms with van der Waals surface area (Å²) in [6.07, 6.45) is 2.13. The molecule has 1 unspecified atom stereocenters. The maximum absolute atomic E-state index is 11.4. The highest BCUT2D eigenvalue weighted by Crippen LogP contribution is 2.17. The number of nitrogens with zero attached hydrogens (tertiary/aromatic N) is 1. The van der Waals surface area contributed by atoms with E-state index in [1.54, 1.807) is 25.3 Å². The van der Waals surface area contributed by atoms with Crippen molar-refractivity contribution in [2.24, 2.45) is 11.5 Å². The van der Waals surface area contributed by atoms with Crippen LogP contribution in [0, 0.1) is 0 Å². The Morgan fingerprint density at radius 3 is 2.71 bits per heavy atom. The van der Waals surface area contributed by atoms with Gasteiger partial charge in [-0.2, -0.15) is 0 Å². The van der Waals surface area contributed by atoms with Crippen LogP contribution in [-0.4, -0.2) is 21.4 Å². The second kappa shape index (κ2) is 5.09. The van der Waals surface area contributed by atoms with Crippen LogP contribution in [0.2, 0.25) is 0 Å². The molecule has 1 atom stereocenters. The second-order valence-corrected chi connectivity index (χ2v) is 4.41. The molecule has 1 rings (SSSR count). The lowest BCUT2D eigenvalue weighted by Crippen LogP contribution is -2.47. The number of anilines is 1. The van der Waals surface area contributed by atoms with Crippen LogP contribution in [0.3, 0.4) is 0 Å². The second-order valence-electron chi connectivity index (χ2n) is 3.97. The first kappa shape index (κ1) is 13.4. The molecule has 92 valence electrons. The lowest BCUT2D eigenvalue weighted by Gasteiger charge is -2.26. The fraction of sp³-hybridized carbons (Fsp3) is 0.364. The molecule has 0 saturated heterocycles. The SMILES string of the molecule is CCC(C)(Nc1cc(C(N)=S)ccn1)C(N)=O. The monoisotopic (exact) mass is 252 g/mol. The molecule has 0 aliphatic rings. The van der Waals surface area contributed by atoms with Gasteiger partial charge in [-0.25, -0.2) is 4.98 Å². The summed E-state index contributed by atoms with van der Waals surface area (Å²) in [6.45, 7) is 3.60. The van der Waals surface area contributed by atoms with Crippen LogP contribution in [0.4, 0.5) is 5.82 Å². The Bertz CT molecular complexity index is 449. The molecule has 1 amide bonds. The number of carbonyl (C=O) groups excluding carboxylic acids is 1. The van der Waals surface area contributed by atoms with Crippen LogP contribution < -0.4 is 16.8 Å². The van der Waals surface area contributed by atoms with Gasteiger partial charge in [0.15, 0.2) is 0 Å². The average Bonchev–Trinajstić information content (AvgIpc) is 2.29. The number of hydrogen-bond donors (Lipinski definition) is 3. The number of nitrogens with two attached hydrogens (primary N) is 2. The van der Waals surface area contributed by atoms with Crippen molar-refractivity contribution in [1.29, 1.82) is 0 Å². The summed E-state index contributed by atoms with van der Waals surface area (Å²) in [5.74, 6) is 0.0981. The van der Waals surface area contributed by atoms with E-state index in [1.807, 2.05) is 6.92 Å². The van der Waals surface area contributed by atoms with Crippen molar-refractivity contribution in [2.45, 2.75) is 25.8 Å². The topological polar surface area (TPSA) is 94.0 Å². The summed E-state index contributed by atoms with van der Waals surface area (Å²) in [4.78, 5) is 15.7. The van der Waals surface area contributed by atoms with Crippen molar-refractivity contribution in [3.05, 3.63) is 23.9 Å². The highest BCUT2D eigenvalue weighted by Gasteiger charge is 2.28. The molecule has 0 radical (unpaired) electrons. The Kier molecular flexibility index (Phi) is 4.01. The van der Waals surface area contributed by atoms with Gasteiger partial charge in [0.1, 0.15) is 16.3 Å². The van der Waals surface area contributed by atoms with Gasteiger partial charge < -0.3 is 16.8 Å². The zero-order valence-corrected chi connectivity index (χ0v) is 10.7. The first-order chi connectivity index (χ1) is 7.89. The lowest BCUT2D eigenvalue weighted by atomic mass is 9.98. The van der Waals surface area contributed by atoms with E-state index >= 15 is 0 Å². The highest BCUT2D eigenvalue weighted by atomic mass is 32.1. The van der Waals surface area contributed by atoms with Crippen LogP contribution in [0.25, 0.3) is 0 Å². The van der Waals surface area contributed by atoms with Gasteiger partial charge in [0, 0.05) is 11.8 Å². The maximum atomic E-state index is 11.4. The van der Waals surface area contributed by atoms with E-state index in [-0.39, 0.29) is 4.99 Å². The molecule has 17 heavy (non-hydrogen) atoms. The largest absolute Gasteiger partial charge is 0.389 e. The normalized spacial score (nSPS) is 13.8. The molecule has 1 heterocycles. The summed E-state index contributed by atoms with van der Waals surface area (Å²) in [7, 11) is 0. The first-order valence-electron chi connectivity index (χ1n) is 5.23. The van der Waals surface area contributed by atoms with E-state index in [1.165, 1.54) is 0 Å². The summed E-state index contributed by atoms with van der Waals surface area (Å²) in [5, 5.41) is 3.00. The predicted molar refractivity (Wildman–Crippen MR) is 71.6 cm³/mol. The van der Waals surface area contributed by atoms with Gasteiger partial charge >= 0.3 is 0 Å². The number of rotatable bonds is 5. The van der Waals surface area contributed by atoms with Crippen LogP contribution >= 0.6 is 12.2 Å². The molecular formula is C11H16N4OS. The minimum absolute atomic E-state index is 0.285. The zero-order chi connectivity index (χ0) is 13.1. The minimum Gasteiger partial charge on any atom is -0.389 e. The standard InChI is InChI=1S/C11H16N4OS/c1-3-11(2,10(13)16)15-8-6-7(9(12)17)4-5-14-8/h4-6H,3H2,1-2H3,(H2,12,17)(H2,13,16)(H,14,15). The number of aromatic nitrogens is 1. The van der Waals surface area contributed by atoms with Crippen molar-refractivity contribution < 1.29 is 4.79 Å². The third kappa shape index (κ3) is 3.13. The van der Waals surface area contributed by atoms with Crippen LogP contribution in [0.1, 0.15) is 25.8 Å². The predicted octanol–water partition coefficient (Wildman–Crippen LogP) is 0.782. The van der Waals surface area contributed by atoms with E-state index < -0.39 is 11.4 Å². The molecule has 1 aromatic rings. The molecule has 0 aliphatic heterocycles. The van der Waals surface area contributed by atoms with Gasteiger partial charge in [0.05, 0.1) is 0 Å².